The second-order valence-electron chi connectivity index (χ2n) is 9.68. The van der Waals surface area contributed by atoms with Gasteiger partial charge in [0.05, 0.1) is 13.2 Å². The number of ether oxygens (including phenoxy) is 1. The Morgan fingerprint density at radius 3 is 2.38 bits per heavy atom. The molecule has 3 aliphatic heterocycles. The molecule has 3 heterocycles. The van der Waals surface area contributed by atoms with Crippen LogP contribution in [-0.4, -0.2) is 69.5 Å². The van der Waals surface area contributed by atoms with E-state index in [1.54, 1.807) is 17.9 Å². The van der Waals surface area contributed by atoms with Crippen molar-refractivity contribution in [3.8, 4) is 0 Å². The van der Waals surface area contributed by atoms with Gasteiger partial charge < -0.3 is 14.5 Å². The van der Waals surface area contributed by atoms with Crippen molar-refractivity contribution in [2.45, 2.75) is 25.1 Å². The second-order valence-corrected chi connectivity index (χ2v) is 11.8. The third-order valence-corrected chi connectivity index (χ3v) is 9.45. The van der Waals surface area contributed by atoms with Gasteiger partial charge in [-0.05, 0) is 24.1 Å². The Hall–Kier alpha value is -2.49. The fraction of sp³-hybridized carbons (Fsp3) is 0.480. The number of sulfonamides is 1. The van der Waals surface area contributed by atoms with Crippen LogP contribution in [0.4, 0.5) is 10.1 Å². The summed E-state index contributed by atoms with van der Waals surface area (Å²) in [5.74, 6) is -0.366. The fourth-order valence-electron chi connectivity index (χ4n) is 5.24. The molecule has 0 bridgehead atoms. The van der Waals surface area contributed by atoms with Crippen LogP contribution < -0.4 is 4.90 Å². The lowest BCUT2D eigenvalue weighted by Crippen LogP contribution is -2.57. The molecule has 34 heavy (non-hydrogen) atoms. The molecule has 7 nitrogen and oxygen atoms in total. The highest BCUT2D eigenvalue weighted by atomic mass is 32.2. The van der Waals surface area contributed by atoms with Crippen LogP contribution in [0.1, 0.15) is 29.7 Å². The zero-order valence-electron chi connectivity index (χ0n) is 19.3. The molecule has 1 unspecified atom stereocenters. The average Bonchev–Trinajstić information content (AvgIpc) is 2.81. The lowest BCUT2D eigenvalue weighted by Gasteiger charge is -2.50. The van der Waals surface area contributed by atoms with Crippen LogP contribution in [-0.2, 0) is 26.1 Å². The summed E-state index contributed by atoms with van der Waals surface area (Å²) in [6, 6.07) is 14.3. The van der Waals surface area contributed by atoms with Gasteiger partial charge in [0.15, 0.2) is 0 Å². The van der Waals surface area contributed by atoms with E-state index in [2.05, 4.69) is 4.90 Å². The van der Waals surface area contributed by atoms with Crippen molar-refractivity contribution in [1.82, 2.24) is 9.21 Å². The number of amides is 1. The van der Waals surface area contributed by atoms with Crippen molar-refractivity contribution in [1.29, 1.82) is 0 Å². The van der Waals surface area contributed by atoms with Crippen LogP contribution in [0.15, 0.2) is 48.5 Å². The molecule has 0 saturated carbocycles. The highest BCUT2D eigenvalue weighted by molar-refractivity contribution is 7.89. The van der Waals surface area contributed by atoms with Crippen LogP contribution in [0.25, 0.3) is 0 Å². The molecule has 3 fully saturated rings. The number of carbonyl (C=O) groups is 1. The van der Waals surface area contributed by atoms with E-state index in [0.717, 1.165) is 11.3 Å². The third-order valence-electron chi connectivity index (χ3n) is 7.31. The van der Waals surface area contributed by atoms with Gasteiger partial charge in [0.25, 0.3) is 0 Å². The topological polar surface area (TPSA) is 70.2 Å². The highest BCUT2D eigenvalue weighted by Gasteiger charge is 2.52. The monoisotopic (exact) mass is 487 g/mol. The minimum atomic E-state index is -3.66. The minimum absolute atomic E-state index is 0.00234. The van der Waals surface area contributed by atoms with Gasteiger partial charge in [0.1, 0.15) is 11.1 Å². The minimum Gasteiger partial charge on any atom is -0.380 e. The molecular formula is C25H30FN3O4S. The number of rotatable bonds is 4. The molecule has 0 N–H and O–H groups in total. The Labute approximate surface area is 200 Å². The zero-order valence-corrected chi connectivity index (χ0v) is 20.1. The Bertz CT molecular complexity index is 1160. The zero-order chi connectivity index (χ0) is 23.9. The van der Waals surface area contributed by atoms with Gasteiger partial charge in [0, 0.05) is 62.9 Å². The lowest BCUT2D eigenvalue weighted by atomic mass is 9.79. The van der Waals surface area contributed by atoms with Gasteiger partial charge in [-0.1, -0.05) is 36.4 Å². The molecule has 2 aromatic carbocycles. The number of anilines is 1. The van der Waals surface area contributed by atoms with Gasteiger partial charge in [-0.15, -0.1) is 0 Å². The maximum absolute atomic E-state index is 15.2. The third kappa shape index (κ3) is 4.32. The van der Waals surface area contributed by atoms with Crippen molar-refractivity contribution in [2.75, 3.05) is 50.8 Å². The van der Waals surface area contributed by atoms with Crippen molar-refractivity contribution >= 4 is 21.6 Å². The first kappa shape index (κ1) is 23.3. The summed E-state index contributed by atoms with van der Waals surface area (Å²) in [5.41, 5.74) is 1.65. The number of piperazine rings is 1. The van der Waals surface area contributed by atoms with Crippen molar-refractivity contribution in [3.63, 3.8) is 0 Å². The first-order valence-electron chi connectivity index (χ1n) is 11.7. The molecule has 5 rings (SSSR count). The van der Waals surface area contributed by atoms with E-state index in [-0.39, 0.29) is 17.9 Å². The summed E-state index contributed by atoms with van der Waals surface area (Å²) in [4.78, 5) is 15.4. The quantitative estimate of drug-likeness (QED) is 0.664. The van der Waals surface area contributed by atoms with Crippen molar-refractivity contribution in [3.05, 3.63) is 65.5 Å². The standard InChI is InChI=1S/C25H30FN3O4S/c1-19(30)27-9-11-28(12-10-27)22-8-7-21(23(26)13-22)15-29-16-25(17-33-18-25)14-24(34(29,31)32)20-5-3-2-4-6-20/h2-8,13,24H,9-12,14-18H2,1H3. The van der Waals surface area contributed by atoms with E-state index in [1.165, 1.54) is 10.4 Å². The molecule has 9 heteroatoms. The number of carbonyl (C=O) groups excluding carboxylic acids is 1. The molecule has 3 saturated heterocycles. The maximum atomic E-state index is 15.2. The molecule has 0 aliphatic carbocycles. The normalized spacial score (nSPS) is 24.1. The molecule has 1 spiro atoms. The van der Waals surface area contributed by atoms with Crippen LogP contribution in [0.3, 0.4) is 0 Å². The largest absolute Gasteiger partial charge is 0.380 e. The number of nitrogens with zero attached hydrogens (tertiary/aromatic N) is 3. The molecule has 0 aromatic heterocycles. The second kappa shape index (κ2) is 8.94. The van der Waals surface area contributed by atoms with Gasteiger partial charge in [-0.3, -0.25) is 4.79 Å². The predicted octanol–water partition coefficient (Wildman–Crippen LogP) is 2.79. The molecule has 2 aromatic rings. The summed E-state index contributed by atoms with van der Waals surface area (Å²) >= 11 is 0. The molecule has 1 atom stereocenters. The molecule has 1 amide bonds. The summed E-state index contributed by atoms with van der Waals surface area (Å²) in [7, 11) is -3.66. The maximum Gasteiger partial charge on any atom is 0.221 e. The average molecular weight is 488 g/mol. The molecular weight excluding hydrogens is 457 g/mol. The first-order chi connectivity index (χ1) is 16.3. The van der Waals surface area contributed by atoms with Crippen molar-refractivity contribution in [2.24, 2.45) is 5.41 Å². The van der Waals surface area contributed by atoms with E-state index in [0.29, 0.717) is 57.9 Å². The predicted molar refractivity (Wildman–Crippen MR) is 127 cm³/mol. The summed E-state index contributed by atoms with van der Waals surface area (Å²) in [5, 5.41) is -0.661. The Balaban J connectivity index is 1.36. The number of hydrogen-bond acceptors (Lipinski definition) is 5. The first-order valence-corrected chi connectivity index (χ1v) is 13.2. The van der Waals surface area contributed by atoms with Gasteiger partial charge in [-0.25, -0.2) is 12.8 Å². The van der Waals surface area contributed by atoms with E-state index < -0.39 is 21.1 Å². The van der Waals surface area contributed by atoms with Gasteiger partial charge in [0.2, 0.25) is 15.9 Å². The van der Waals surface area contributed by atoms with Crippen LogP contribution in [0.5, 0.6) is 0 Å². The van der Waals surface area contributed by atoms with Gasteiger partial charge >= 0.3 is 0 Å². The summed E-state index contributed by atoms with van der Waals surface area (Å²) in [6.07, 6.45) is 0.517. The lowest BCUT2D eigenvalue weighted by molar-refractivity contribution is -0.129. The number of hydrogen-bond donors (Lipinski definition) is 0. The smallest absolute Gasteiger partial charge is 0.221 e. The van der Waals surface area contributed by atoms with Crippen LogP contribution in [0, 0.1) is 11.2 Å². The SMILES string of the molecule is CC(=O)N1CCN(c2ccc(CN3CC4(COC4)CC(c4ccccc4)S3(=O)=O)c(F)c2)CC1. The Morgan fingerprint density at radius 1 is 1.09 bits per heavy atom. The molecule has 182 valence electrons. The summed E-state index contributed by atoms with van der Waals surface area (Å²) in [6.45, 7) is 5.43. The van der Waals surface area contributed by atoms with Crippen LogP contribution >= 0.6 is 0 Å². The molecule has 0 radical (unpaired) electrons. The van der Waals surface area contributed by atoms with E-state index in [9.17, 15) is 13.2 Å². The Kier molecular flexibility index (Phi) is 6.12. The fourth-order valence-corrected chi connectivity index (χ4v) is 7.44. The van der Waals surface area contributed by atoms with E-state index >= 15 is 4.39 Å². The van der Waals surface area contributed by atoms with Crippen LogP contribution in [0.2, 0.25) is 0 Å². The summed E-state index contributed by atoms with van der Waals surface area (Å²) < 4.78 is 49.3. The number of benzene rings is 2. The van der Waals surface area contributed by atoms with E-state index in [4.69, 9.17) is 4.74 Å². The van der Waals surface area contributed by atoms with Crippen molar-refractivity contribution < 1.29 is 22.3 Å². The highest BCUT2D eigenvalue weighted by Crippen LogP contribution is 2.47. The van der Waals surface area contributed by atoms with E-state index in [1.807, 2.05) is 36.4 Å². The number of halogens is 1. The molecule has 3 aliphatic rings. The Morgan fingerprint density at radius 2 is 1.79 bits per heavy atom. The van der Waals surface area contributed by atoms with Gasteiger partial charge in [-0.2, -0.15) is 4.31 Å².